The van der Waals surface area contributed by atoms with E-state index in [2.05, 4.69) is 27.7 Å². The number of ether oxygens (including phenoxy) is 2. The van der Waals surface area contributed by atoms with Crippen molar-refractivity contribution in [3.8, 4) is 0 Å². The largest absolute Gasteiger partial charge is 0.337 e. The third-order valence-electron chi connectivity index (χ3n) is 2.47. The Morgan fingerprint density at radius 3 is 1.29 bits per heavy atom. The van der Waals surface area contributed by atoms with Crippen molar-refractivity contribution in [3.63, 3.8) is 0 Å². The van der Waals surface area contributed by atoms with Crippen LogP contribution in [0.5, 0.6) is 0 Å². The fourth-order valence-electron chi connectivity index (χ4n) is 1.37. The van der Waals surface area contributed by atoms with E-state index in [4.69, 9.17) is 15.2 Å². The minimum absolute atomic E-state index is 0.222. The van der Waals surface area contributed by atoms with Gasteiger partial charge in [-0.25, -0.2) is 0 Å². The molecular formula is C11H25NO2. The van der Waals surface area contributed by atoms with Crippen LogP contribution in [0.3, 0.4) is 0 Å². The molecule has 86 valence electrons. The molecular weight excluding hydrogens is 178 g/mol. The second-order valence-corrected chi connectivity index (χ2v) is 3.52. The van der Waals surface area contributed by atoms with E-state index >= 15 is 0 Å². The van der Waals surface area contributed by atoms with Crippen LogP contribution in [0, 0.1) is 0 Å². The van der Waals surface area contributed by atoms with Crippen LogP contribution in [0.25, 0.3) is 0 Å². The summed E-state index contributed by atoms with van der Waals surface area (Å²) >= 11 is 0. The molecule has 0 aromatic rings. The highest BCUT2D eigenvalue weighted by atomic mass is 16.7. The summed E-state index contributed by atoms with van der Waals surface area (Å²) in [6, 6.07) is 0. The molecule has 0 saturated carbocycles. The van der Waals surface area contributed by atoms with Gasteiger partial charge < -0.3 is 9.47 Å². The third kappa shape index (κ3) is 5.58. The van der Waals surface area contributed by atoms with Gasteiger partial charge in [0.2, 0.25) is 6.41 Å². The van der Waals surface area contributed by atoms with Gasteiger partial charge in [-0.15, -0.1) is 0 Å². The molecule has 0 aliphatic heterocycles. The molecule has 14 heavy (non-hydrogen) atoms. The van der Waals surface area contributed by atoms with Crippen LogP contribution in [0.15, 0.2) is 0 Å². The third-order valence-corrected chi connectivity index (χ3v) is 2.47. The predicted molar refractivity (Wildman–Crippen MR) is 58.9 cm³/mol. The average Bonchev–Trinajstić information content (AvgIpc) is 2.22. The fraction of sp³-hybridized carbons (Fsp3) is 1.00. The number of nitrogens with two attached hydrogens (primary N) is 1. The molecule has 3 heteroatoms. The van der Waals surface area contributed by atoms with Crippen LogP contribution in [-0.2, 0) is 9.47 Å². The Labute approximate surface area is 88.0 Å². The van der Waals surface area contributed by atoms with Gasteiger partial charge in [-0.2, -0.15) is 0 Å². The molecule has 0 aliphatic carbocycles. The van der Waals surface area contributed by atoms with Crippen molar-refractivity contribution >= 4 is 0 Å². The van der Waals surface area contributed by atoms with E-state index in [1.54, 1.807) is 0 Å². The first-order chi connectivity index (χ1) is 6.67. The van der Waals surface area contributed by atoms with Crippen LogP contribution >= 0.6 is 0 Å². The molecule has 0 unspecified atom stereocenters. The quantitative estimate of drug-likeness (QED) is 0.617. The molecule has 0 bridgehead atoms. The van der Waals surface area contributed by atoms with Gasteiger partial charge in [0.15, 0.2) is 0 Å². The predicted octanol–water partition coefficient (Wildman–Crippen LogP) is 2.64. The van der Waals surface area contributed by atoms with Crippen molar-refractivity contribution in [2.24, 2.45) is 5.73 Å². The second-order valence-electron chi connectivity index (χ2n) is 3.52. The summed E-state index contributed by atoms with van der Waals surface area (Å²) in [4.78, 5) is 0. The summed E-state index contributed by atoms with van der Waals surface area (Å²) in [6.45, 7) is 8.38. The first-order valence-corrected chi connectivity index (χ1v) is 5.74. The first kappa shape index (κ1) is 13.9. The minimum atomic E-state index is -0.565. The minimum Gasteiger partial charge on any atom is -0.337 e. The van der Waals surface area contributed by atoms with E-state index in [-0.39, 0.29) is 12.2 Å². The molecule has 2 N–H and O–H groups in total. The van der Waals surface area contributed by atoms with E-state index < -0.39 is 6.41 Å². The van der Waals surface area contributed by atoms with Gasteiger partial charge in [-0.3, -0.25) is 5.73 Å². The van der Waals surface area contributed by atoms with Crippen LogP contribution < -0.4 is 5.73 Å². The zero-order valence-electron chi connectivity index (χ0n) is 9.95. The Morgan fingerprint density at radius 2 is 1.07 bits per heavy atom. The normalized spacial score (nSPS) is 12.0. The smallest absolute Gasteiger partial charge is 0.213 e. The van der Waals surface area contributed by atoms with Crippen molar-refractivity contribution in [3.05, 3.63) is 0 Å². The van der Waals surface area contributed by atoms with Crippen molar-refractivity contribution in [1.82, 2.24) is 0 Å². The van der Waals surface area contributed by atoms with Crippen LogP contribution in [0.4, 0.5) is 0 Å². The van der Waals surface area contributed by atoms with Crippen molar-refractivity contribution in [1.29, 1.82) is 0 Å². The maximum atomic E-state index is 5.73. The lowest BCUT2D eigenvalue weighted by Gasteiger charge is -2.23. The lowest BCUT2D eigenvalue weighted by atomic mass is 10.2. The van der Waals surface area contributed by atoms with Gasteiger partial charge in [0, 0.05) is 0 Å². The van der Waals surface area contributed by atoms with E-state index in [9.17, 15) is 0 Å². The number of hydrogen-bond acceptors (Lipinski definition) is 3. The molecule has 3 nitrogen and oxygen atoms in total. The summed E-state index contributed by atoms with van der Waals surface area (Å²) in [5, 5.41) is 0. The molecule has 0 saturated heterocycles. The summed E-state index contributed by atoms with van der Waals surface area (Å²) < 4.78 is 11.1. The highest BCUT2D eigenvalue weighted by molar-refractivity contribution is 4.54. The van der Waals surface area contributed by atoms with Gasteiger partial charge in [0.1, 0.15) is 0 Å². The maximum absolute atomic E-state index is 5.73. The first-order valence-electron chi connectivity index (χ1n) is 5.74. The molecule has 0 aromatic heterocycles. The highest BCUT2D eigenvalue weighted by Gasteiger charge is 2.13. The molecule has 0 spiro atoms. The Bertz CT molecular complexity index is 108. The summed E-state index contributed by atoms with van der Waals surface area (Å²) in [6.07, 6.45) is 3.81. The van der Waals surface area contributed by atoms with Crippen molar-refractivity contribution in [2.45, 2.75) is 72.0 Å². The molecule has 0 rings (SSSR count). The summed E-state index contributed by atoms with van der Waals surface area (Å²) in [5.74, 6) is 0. The number of rotatable bonds is 8. The van der Waals surface area contributed by atoms with E-state index in [1.165, 1.54) is 0 Å². The van der Waals surface area contributed by atoms with E-state index in [1.807, 2.05) is 0 Å². The van der Waals surface area contributed by atoms with Gasteiger partial charge in [-0.1, -0.05) is 27.7 Å². The van der Waals surface area contributed by atoms with Gasteiger partial charge >= 0.3 is 0 Å². The summed E-state index contributed by atoms with van der Waals surface area (Å²) in [7, 11) is 0. The lowest BCUT2D eigenvalue weighted by molar-refractivity contribution is -0.192. The maximum Gasteiger partial charge on any atom is 0.213 e. The van der Waals surface area contributed by atoms with Crippen LogP contribution in [0.1, 0.15) is 53.4 Å². The zero-order chi connectivity index (χ0) is 11.0. The Balaban J connectivity index is 3.77. The lowest BCUT2D eigenvalue weighted by Crippen LogP contribution is -2.35. The Hall–Kier alpha value is -0.120. The van der Waals surface area contributed by atoms with Crippen LogP contribution in [0.2, 0.25) is 0 Å². The summed E-state index contributed by atoms with van der Waals surface area (Å²) in [5.41, 5.74) is 5.73. The van der Waals surface area contributed by atoms with Crippen LogP contribution in [-0.4, -0.2) is 18.6 Å². The second kappa shape index (κ2) is 8.21. The molecule has 0 aliphatic rings. The number of hydrogen-bond donors (Lipinski definition) is 1. The Kier molecular flexibility index (Phi) is 8.14. The van der Waals surface area contributed by atoms with Gasteiger partial charge in [-0.05, 0) is 25.7 Å². The zero-order valence-corrected chi connectivity index (χ0v) is 9.95. The van der Waals surface area contributed by atoms with E-state index in [0.717, 1.165) is 25.7 Å². The molecule has 0 radical (unpaired) electrons. The molecule has 0 heterocycles. The highest BCUT2D eigenvalue weighted by Crippen LogP contribution is 2.09. The standard InChI is InChI=1S/C11H25NO2/c1-5-9(6-2)13-11(12)14-10(7-3)8-4/h9-11H,5-8,12H2,1-4H3. The fourth-order valence-corrected chi connectivity index (χ4v) is 1.37. The average molecular weight is 203 g/mol. The topological polar surface area (TPSA) is 44.5 Å². The van der Waals surface area contributed by atoms with Gasteiger partial charge in [0.05, 0.1) is 12.2 Å². The molecule has 0 fully saturated rings. The molecule has 0 atom stereocenters. The van der Waals surface area contributed by atoms with Crippen molar-refractivity contribution < 1.29 is 9.47 Å². The monoisotopic (exact) mass is 203 g/mol. The Morgan fingerprint density at radius 1 is 0.786 bits per heavy atom. The van der Waals surface area contributed by atoms with Gasteiger partial charge in [0.25, 0.3) is 0 Å². The SMILES string of the molecule is CCC(CC)OC(N)OC(CC)CC. The molecule has 0 amide bonds. The molecule has 0 aromatic carbocycles. The van der Waals surface area contributed by atoms with Crippen molar-refractivity contribution in [2.75, 3.05) is 0 Å². The van der Waals surface area contributed by atoms with E-state index in [0.29, 0.717) is 0 Å².